The predicted molar refractivity (Wildman–Crippen MR) is 124 cm³/mol. The van der Waals surface area contributed by atoms with E-state index < -0.39 is 23.1 Å². The van der Waals surface area contributed by atoms with Crippen LogP contribution in [-0.4, -0.2) is 5.78 Å². The van der Waals surface area contributed by atoms with Crippen molar-refractivity contribution in [2.24, 2.45) is 11.1 Å². The van der Waals surface area contributed by atoms with E-state index in [0.717, 1.165) is 28.8 Å². The molecule has 0 spiro atoms. The van der Waals surface area contributed by atoms with Gasteiger partial charge in [-0.1, -0.05) is 43.7 Å². The van der Waals surface area contributed by atoms with Gasteiger partial charge in [-0.25, -0.2) is 0 Å². The van der Waals surface area contributed by atoms with Crippen LogP contribution in [-0.2, 0) is 11.0 Å². The lowest BCUT2D eigenvalue weighted by Crippen LogP contribution is -2.42. The molecule has 1 aliphatic carbocycles. The molecule has 0 bridgehead atoms. The summed E-state index contributed by atoms with van der Waals surface area (Å²) in [5, 5.41) is 10.1. The Kier molecular flexibility index (Phi) is 5.59. The lowest BCUT2D eigenvalue weighted by atomic mass is 9.68. The minimum Gasteiger partial charge on any atom is -0.384 e. The highest BCUT2D eigenvalue weighted by Crippen LogP contribution is 2.51. The molecule has 0 saturated heterocycles. The Morgan fingerprint density at radius 1 is 1.12 bits per heavy atom. The summed E-state index contributed by atoms with van der Waals surface area (Å²) in [6.45, 7) is 7.78. The molecule has 0 fully saturated rings. The Labute approximate surface area is 197 Å². The standard InChI is InChI=1S/C27H26F3N3O/c1-15-8-9-19(16(2)10-15)23-20(14-31)25(32)33(18-7-5-6-17(11-18)27(28,29)30)21-12-26(3,4)13-22(34)24(21)23/h5-11,23H,12-13,32H2,1-4H3. The molecule has 0 saturated carbocycles. The second-order valence-electron chi connectivity index (χ2n) is 9.89. The number of ketones is 1. The maximum Gasteiger partial charge on any atom is 0.416 e. The smallest absolute Gasteiger partial charge is 0.384 e. The number of benzene rings is 2. The Morgan fingerprint density at radius 3 is 2.44 bits per heavy atom. The van der Waals surface area contributed by atoms with Crippen LogP contribution in [0.15, 0.2) is 65.1 Å². The van der Waals surface area contributed by atoms with Crippen LogP contribution in [0.3, 0.4) is 0 Å². The van der Waals surface area contributed by atoms with Crippen molar-refractivity contribution in [1.29, 1.82) is 5.26 Å². The second-order valence-corrected chi connectivity index (χ2v) is 9.89. The fourth-order valence-electron chi connectivity index (χ4n) is 5.09. The number of carbonyl (C=O) groups is 1. The number of hydrogen-bond acceptors (Lipinski definition) is 4. The molecule has 7 heteroatoms. The van der Waals surface area contributed by atoms with Gasteiger partial charge >= 0.3 is 6.18 Å². The summed E-state index contributed by atoms with van der Waals surface area (Å²) in [4.78, 5) is 15.0. The summed E-state index contributed by atoms with van der Waals surface area (Å²) in [6.07, 6.45) is -3.82. The number of allylic oxidation sites excluding steroid dienone is 3. The van der Waals surface area contributed by atoms with Crippen LogP contribution < -0.4 is 10.6 Å². The maximum absolute atomic E-state index is 13.5. The summed E-state index contributed by atoms with van der Waals surface area (Å²) in [6, 6.07) is 12.8. The number of halogens is 3. The lowest BCUT2D eigenvalue weighted by molar-refractivity contribution is -0.137. The van der Waals surface area contributed by atoms with E-state index in [1.807, 2.05) is 45.9 Å². The van der Waals surface area contributed by atoms with Crippen molar-refractivity contribution in [3.8, 4) is 6.07 Å². The molecule has 2 N–H and O–H groups in total. The number of Topliss-reactive ketones (excluding diaryl/α,β-unsaturated/α-hetero) is 1. The van der Waals surface area contributed by atoms with Crippen molar-refractivity contribution in [2.75, 3.05) is 4.90 Å². The average molecular weight is 466 g/mol. The zero-order valence-electron chi connectivity index (χ0n) is 19.5. The summed E-state index contributed by atoms with van der Waals surface area (Å²) < 4.78 is 40.4. The topological polar surface area (TPSA) is 70.1 Å². The van der Waals surface area contributed by atoms with Gasteiger partial charge in [0.25, 0.3) is 0 Å². The predicted octanol–water partition coefficient (Wildman–Crippen LogP) is 6.26. The quantitative estimate of drug-likeness (QED) is 0.568. The van der Waals surface area contributed by atoms with E-state index in [4.69, 9.17) is 5.73 Å². The van der Waals surface area contributed by atoms with Gasteiger partial charge in [-0.05, 0) is 55.0 Å². The Hall–Kier alpha value is -3.53. The lowest BCUT2D eigenvalue weighted by Gasteiger charge is -2.44. The summed E-state index contributed by atoms with van der Waals surface area (Å²) in [5.41, 5.74) is 9.40. The normalized spacial score (nSPS) is 20.4. The zero-order chi connectivity index (χ0) is 25.0. The molecule has 1 atom stereocenters. The molecule has 176 valence electrons. The molecule has 2 aromatic carbocycles. The number of rotatable bonds is 2. The second kappa shape index (κ2) is 8.05. The number of hydrogen-bond donors (Lipinski definition) is 1. The fraction of sp³-hybridized carbons (Fsp3) is 0.333. The van der Waals surface area contributed by atoms with Crippen LogP contribution in [0.25, 0.3) is 0 Å². The molecular weight excluding hydrogens is 439 g/mol. The van der Waals surface area contributed by atoms with Gasteiger partial charge in [-0.3, -0.25) is 9.69 Å². The van der Waals surface area contributed by atoms with Crippen molar-refractivity contribution in [3.63, 3.8) is 0 Å². The maximum atomic E-state index is 13.5. The van der Waals surface area contributed by atoms with E-state index in [1.165, 1.54) is 17.0 Å². The molecule has 0 aromatic heterocycles. The molecule has 1 unspecified atom stereocenters. The Morgan fingerprint density at radius 2 is 1.82 bits per heavy atom. The first-order valence-electron chi connectivity index (χ1n) is 11.0. The Balaban J connectivity index is 2.01. The third kappa shape index (κ3) is 3.98. The van der Waals surface area contributed by atoms with Gasteiger partial charge in [0.05, 0.1) is 23.1 Å². The number of aryl methyl sites for hydroxylation is 2. The highest BCUT2D eigenvalue weighted by molar-refractivity contribution is 6.01. The van der Waals surface area contributed by atoms with Gasteiger partial charge in [0.15, 0.2) is 5.78 Å². The number of nitrogens with zero attached hydrogens (tertiary/aromatic N) is 2. The molecule has 1 aliphatic heterocycles. The van der Waals surface area contributed by atoms with Crippen LogP contribution in [0.4, 0.5) is 18.9 Å². The van der Waals surface area contributed by atoms with E-state index in [2.05, 4.69) is 6.07 Å². The first-order valence-corrected chi connectivity index (χ1v) is 11.0. The molecule has 2 aliphatic rings. The van der Waals surface area contributed by atoms with E-state index in [-0.39, 0.29) is 29.3 Å². The van der Waals surface area contributed by atoms with Crippen LogP contribution in [0.1, 0.15) is 54.9 Å². The minimum atomic E-state index is -4.54. The van der Waals surface area contributed by atoms with Crippen LogP contribution in [0, 0.1) is 30.6 Å². The highest BCUT2D eigenvalue weighted by Gasteiger charge is 2.45. The average Bonchev–Trinajstić information content (AvgIpc) is 2.72. The molecular formula is C27H26F3N3O. The Bertz CT molecular complexity index is 1290. The summed E-state index contributed by atoms with van der Waals surface area (Å²) in [7, 11) is 0. The number of nitriles is 1. The summed E-state index contributed by atoms with van der Waals surface area (Å²) >= 11 is 0. The molecule has 4 rings (SSSR count). The third-order valence-corrected chi connectivity index (χ3v) is 6.55. The zero-order valence-corrected chi connectivity index (χ0v) is 19.5. The van der Waals surface area contributed by atoms with Crippen molar-refractivity contribution in [2.45, 2.75) is 52.6 Å². The van der Waals surface area contributed by atoms with Gasteiger partial charge in [-0.2, -0.15) is 18.4 Å². The number of alkyl halides is 3. The van der Waals surface area contributed by atoms with Crippen LogP contribution in [0.5, 0.6) is 0 Å². The van der Waals surface area contributed by atoms with Crippen molar-refractivity contribution < 1.29 is 18.0 Å². The van der Waals surface area contributed by atoms with Gasteiger partial charge in [0, 0.05) is 23.4 Å². The number of nitrogens with two attached hydrogens (primary N) is 1. The van der Waals surface area contributed by atoms with Gasteiger partial charge in [-0.15, -0.1) is 0 Å². The molecule has 0 amide bonds. The van der Waals surface area contributed by atoms with Gasteiger partial charge in [0.1, 0.15) is 5.82 Å². The minimum absolute atomic E-state index is 0.0519. The molecule has 2 aromatic rings. The number of carbonyl (C=O) groups excluding carboxylic acids is 1. The van der Waals surface area contributed by atoms with Crippen LogP contribution >= 0.6 is 0 Å². The third-order valence-electron chi connectivity index (χ3n) is 6.55. The SMILES string of the molecule is Cc1ccc(C2C(C#N)=C(N)N(c3cccc(C(F)(F)F)c3)C3=C2C(=O)CC(C)(C)C3)c(C)c1. The van der Waals surface area contributed by atoms with Crippen LogP contribution in [0.2, 0.25) is 0 Å². The first-order chi connectivity index (χ1) is 15.8. The molecule has 34 heavy (non-hydrogen) atoms. The molecule has 4 nitrogen and oxygen atoms in total. The van der Waals surface area contributed by atoms with E-state index in [1.54, 1.807) is 0 Å². The molecule has 0 radical (unpaired) electrons. The number of anilines is 1. The monoisotopic (exact) mass is 465 g/mol. The molecule has 1 heterocycles. The van der Waals surface area contributed by atoms with E-state index >= 15 is 0 Å². The summed E-state index contributed by atoms with van der Waals surface area (Å²) in [5.74, 6) is -0.726. The van der Waals surface area contributed by atoms with Crippen molar-refractivity contribution in [3.05, 3.63) is 87.4 Å². The van der Waals surface area contributed by atoms with Gasteiger partial charge in [0.2, 0.25) is 0 Å². The van der Waals surface area contributed by atoms with E-state index in [0.29, 0.717) is 17.7 Å². The highest BCUT2D eigenvalue weighted by atomic mass is 19.4. The van der Waals surface area contributed by atoms with Crippen molar-refractivity contribution in [1.82, 2.24) is 0 Å². The van der Waals surface area contributed by atoms with Crippen molar-refractivity contribution >= 4 is 11.5 Å². The van der Waals surface area contributed by atoms with E-state index in [9.17, 15) is 23.2 Å². The fourth-order valence-corrected chi connectivity index (χ4v) is 5.09. The largest absolute Gasteiger partial charge is 0.416 e. The first kappa shape index (κ1) is 23.6. The van der Waals surface area contributed by atoms with Gasteiger partial charge < -0.3 is 5.73 Å².